The predicted octanol–water partition coefficient (Wildman–Crippen LogP) is 1.72. The molecule has 1 aliphatic rings. The number of primary amides is 1. The summed E-state index contributed by atoms with van der Waals surface area (Å²) >= 11 is 1.40. The molecule has 0 radical (unpaired) electrons. The van der Waals surface area contributed by atoms with Crippen molar-refractivity contribution in [1.29, 1.82) is 0 Å². The van der Waals surface area contributed by atoms with Gasteiger partial charge in [-0.1, -0.05) is 0 Å². The Balaban J connectivity index is 1.65. The van der Waals surface area contributed by atoms with E-state index >= 15 is 0 Å². The minimum Gasteiger partial charge on any atom is -0.493 e. The molecule has 27 heavy (non-hydrogen) atoms. The highest BCUT2D eigenvalue weighted by Gasteiger charge is 2.32. The van der Waals surface area contributed by atoms with Crippen LogP contribution in [0.25, 0.3) is 11.3 Å². The number of amides is 2. The third-order valence-corrected chi connectivity index (χ3v) is 5.28. The standard InChI is InChI=1S/C18H22N4O4S/c1-25-14-6-5-11(8-15(14)26-2)12-10-27-18(21-12)20-9-16(23)22-7-3-4-13(22)17(19)24/h5-6,8,10,13H,3-4,7,9H2,1-2H3,(H2,19,24)(H,20,21)/t13-/m0/s1. The van der Waals surface area contributed by atoms with E-state index in [1.54, 1.807) is 14.2 Å². The van der Waals surface area contributed by atoms with E-state index in [0.717, 1.165) is 17.7 Å². The van der Waals surface area contributed by atoms with Gasteiger partial charge < -0.3 is 25.4 Å². The molecule has 0 aliphatic carbocycles. The Morgan fingerprint density at radius 3 is 2.81 bits per heavy atom. The van der Waals surface area contributed by atoms with Gasteiger partial charge >= 0.3 is 0 Å². The number of carbonyl (C=O) groups is 2. The third-order valence-electron chi connectivity index (χ3n) is 4.48. The number of methoxy groups -OCH3 is 2. The van der Waals surface area contributed by atoms with Crippen molar-refractivity contribution in [1.82, 2.24) is 9.88 Å². The first-order chi connectivity index (χ1) is 13.0. The van der Waals surface area contributed by atoms with Gasteiger partial charge in [-0.25, -0.2) is 4.98 Å². The number of nitrogens with two attached hydrogens (primary N) is 1. The summed E-state index contributed by atoms with van der Waals surface area (Å²) in [6.07, 6.45) is 1.42. The van der Waals surface area contributed by atoms with Crippen molar-refractivity contribution >= 4 is 28.3 Å². The van der Waals surface area contributed by atoms with Crippen molar-refractivity contribution in [3.63, 3.8) is 0 Å². The van der Waals surface area contributed by atoms with Crippen LogP contribution >= 0.6 is 11.3 Å². The zero-order valence-electron chi connectivity index (χ0n) is 15.2. The summed E-state index contributed by atoms with van der Waals surface area (Å²) in [5.41, 5.74) is 7.02. The maximum absolute atomic E-state index is 12.4. The number of likely N-dealkylation sites (tertiary alicyclic amines) is 1. The number of benzene rings is 1. The van der Waals surface area contributed by atoms with Crippen molar-refractivity contribution in [3.05, 3.63) is 23.6 Å². The topological polar surface area (TPSA) is 107 Å². The molecule has 1 aliphatic heterocycles. The van der Waals surface area contributed by atoms with E-state index in [1.165, 1.54) is 16.2 Å². The van der Waals surface area contributed by atoms with Crippen LogP contribution in [0.2, 0.25) is 0 Å². The minimum absolute atomic E-state index is 0.0721. The lowest BCUT2D eigenvalue weighted by Crippen LogP contribution is -2.45. The van der Waals surface area contributed by atoms with Crippen LogP contribution in [0.15, 0.2) is 23.6 Å². The maximum atomic E-state index is 12.4. The van der Waals surface area contributed by atoms with Gasteiger partial charge in [0.25, 0.3) is 0 Å². The third kappa shape index (κ3) is 4.13. The molecule has 1 aromatic heterocycles. The van der Waals surface area contributed by atoms with Crippen LogP contribution in [0.5, 0.6) is 11.5 Å². The molecule has 9 heteroatoms. The van der Waals surface area contributed by atoms with Crippen LogP contribution < -0.4 is 20.5 Å². The number of carbonyl (C=O) groups excluding carboxylic acids is 2. The summed E-state index contributed by atoms with van der Waals surface area (Å²) in [4.78, 5) is 29.8. The van der Waals surface area contributed by atoms with Crippen LogP contribution in [0.1, 0.15) is 12.8 Å². The molecule has 144 valence electrons. The molecule has 1 atom stereocenters. The lowest BCUT2D eigenvalue weighted by Gasteiger charge is -2.22. The number of ether oxygens (including phenoxy) is 2. The first-order valence-corrected chi connectivity index (χ1v) is 9.42. The summed E-state index contributed by atoms with van der Waals surface area (Å²) < 4.78 is 10.6. The van der Waals surface area contributed by atoms with Crippen molar-refractivity contribution < 1.29 is 19.1 Å². The highest BCUT2D eigenvalue weighted by atomic mass is 32.1. The molecule has 2 amide bonds. The molecule has 0 unspecified atom stereocenters. The van der Waals surface area contributed by atoms with Crippen molar-refractivity contribution in [2.24, 2.45) is 5.73 Å². The van der Waals surface area contributed by atoms with Crippen molar-refractivity contribution in [3.8, 4) is 22.8 Å². The molecule has 1 saturated heterocycles. The summed E-state index contributed by atoms with van der Waals surface area (Å²) in [5.74, 6) is 0.666. The Kier molecular flexibility index (Phi) is 5.80. The summed E-state index contributed by atoms with van der Waals surface area (Å²) in [5, 5.41) is 5.56. The molecule has 0 spiro atoms. The van der Waals surface area contributed by atoms with Crippen molar-refractivity contribution in [2.75, 3.05) is 32.6 Å². The Hall–Kier alpha value is -2.81. The first-order valence-electron chi connectivity index (χ1n) is 8.54. The number of nitrogens with one attached hydrogen (secondary N) is 1. The van der Waals surface area contributed by atoms with E-state index in [-0.39, 0.29) is 12.5 Å². The average Bonchev–Trinajstić information content (AvgIpc) is 3.35. The van der Waals surface area contributed by atoms with Gasteiger partial charge in [-0.2, -0.15) is 0 Å². The van der Waals surface area contributed by atoms with E-state index in [2.05, 4.69) is 10.3 Å². The van der Waals surface area contributed by atoms with E-state index in [4.69, 9.17) is 15.2 Å². The van der Waals surface area contributed by atoms with E-state index in [0.29, 0.717) is 29.6 Å². The number of hydrogen-bond donors (Lipinski definition) is 2. The highest BCUT2D eigenvalue weighted by molar-refractivity contribution is 7.14. The average molecular weight is 390 g/mol. The molecule has 1 aromatic carbocycles. The molecular weight excluding hydrogens is 368 g/mol. The van der Waals surface area contributed by atoms with Crippen LogP contribution in [-0.2, 0) is 9.59 Å². The largest absolute Gasteiger partial charge is 0.493 e. The fourth-order valence-corrected chi connectivity index (χ4v) is 3.82. The van der Waals surface area contributed by atoms with Gasteiger partial charge in [0.15, 0.2) is 16.6 Å². The molecule has 0 bridgehead atoms. The molecular formula is C18H22N4O4S. The van der Waals surface area contributed by atoms with Gasteiger partial charge in [0.1, 0.15) is 6.04 Å². The second kappa shape index (κ2) is 8.26. The van der Waals surface area contributed by atoms with E-state index in [9.17, 15) is 9.59 Å². The minimum atomic E-state index is -0.502. The fourth-order valence-electron chi connectivity index (χ4n) is 3.10. The Labute approximate surface area is 161 Å². The lowest BCUT2D eigenvalue weighted by molar-refractivity contribution is -0.135. The number of rotatable bonds is 7. The second-order valence-electron chi connectivity index (χ2n) is 6.11. The van der Waals surface area contributed by atoms with E-state index < -0.39 is 11.9 Å². The van der Waals surface area contributed by atoms with Crippen LogP contribution in [-0.4, -0.2) is 55.0 Å². The summed E-state index contributed by atoms with van der Waals surface area (Å²) in [6.45, 7) is 0.631. The first kappa shape index (κ1) is 19.0. The number of thiazole rings is 1. The quantitative estimate of drug-likeness (QED) is 0.745. The van der Waals surface area contributed by atoms with E-state index in [1.807, 2.05) is 23.6 Å². The Morgan fingerprint density at radius 1 is 1.33 bits per heavy atom. The molecule has 3 N–H and O–H groups in total. The van der Waals surface area contributed by atoms with Gasteiger partial charge in [0.05, 0.1) is 26.5 Å². The molecule has 0 saturated carbocycles. The smallest absolute Gasteiger partial charge is 0.242 e. The Morgan fingerprint density at radius 2 is 2.11 bits per heavy atom. The van der Waals surface area contributed by atoms with Gasteiger partial charge in [0, 0.05) is 17.5 Å². The number of aromatic nitrogens is 1. The van der Waals surface area contributed by atoms with Crippen molar-refractivity contribution in [2.45, 2.75) is 18.9 Å². The summed E-state index contributed by atoms with van der Waals surface area (Å²) in [6, 6.07) is 5.07. The zero-order valence-corrected chi connectivity index (χ0v) is 16.0. The monoisotopic (exact) mass is 390 g/mol. The molecule has 2 heterocycles. The van der Waals surface area contributed by atoms with Gasteiger partial charge in [-0.05, 0) is 31.0 Å². The van der Waals surface area contributed by atoms with Crippen LogP contribution in [0.4, 0.5) is 5.13 Å². The Bertz CT molecular complexity index is 839. The van der Waals surface area contributed by atoms with Crippen LogP contribution in [0, 0.1) is 0 Å². The SMILES string of the molecule is COc1ccc(-c2csc(NCC(=O)N3CCC[C@H]3C(N)=O)n2)cc1OC. The molecule has 8 nitrogen and oxygen atoms in total. The normalized spacial score (nSPS) is 16.2. The van der Waals surface area contributed by atoms with Gasteiger partial charge in [-0.15, -0.1) is 11.3 Å². The fraction of sp³-hybridized carbons (Fsp3) is 0.389. The number of anilines is 1. The lowest BCUT2D eigenvalue weighted by atomic mass is 10.1. The van der Waals surface area contributed by atoms with Crippen LogP contribution in [0.3, 0.4) is 0 Å². The maximum Gasteiger partial charge on any atom is 0.242 e. The number of nitrogens with zero attached hydrogens (tertiary/aromatic N) is 2. The van der Waals surface area contributed by atoms with Gasteiger partial charge in [-0.3, -0.25) is 9.59 Å². The second-order valence-corrected chi connectivity index (χ2v) is 6.97. The molecule has 1 fully saturated rings. The number of hydrogen-bond acceptors (Lipinski definition) is 7. The predicted molar refractivity (Wildman–Crippen MR) is 103 cm³/mol. The highest BCUT2D eigenvalue weighted by Crippen LogP contribution is 2.33. The zero-order chi connectivity index (χ0) is 19.4. The molecule has 3 rings (SSSR count). The molecule has 2 aromatic rings. The summed E-state index contributed by atoms with van der Waals surface area (Å²) in [7, 11) is 3.17. The van der Waals surface area contributed by atoms with Gasteiger partial charge in [0.2, 0.25) is 11.8 Å².